The Morgan fingerprint density at radius 1 is 0.972 bits per heavy atom. The number of nitrogens with two attached hydrogens (primary N) is 1. The monoisotopic (exact) mass is 516 g/mol. The number of sulfonamides is 1. The van der Waals surface area contributed by atoms with Gasteiger partial charge in [-0.2, -0.15) is 18.3 Å². The highest BCUT2D eigenvalue weighted by Gasteiger charge is 2.40. The molecule has 0 bridgehead atoms. The third kappa shape index (κ3) is 4.47. The molecule has 6 nitrogen and oxygen atoms in total. The first-order valence-corrected chi connectivity index (χ1v) is 12.5. The molecule has 0 aliphatic carbocycles. The number of benzene rings is 2. The van der Waals surface area contributed by atoms with Crippen molar-refractivity contribution >= 4 is 16.2 Å². The number of nitrogens with zero attached hydrogens (tertiary/aromatic N) is 3. The van der Waals surface area contributed by atoms with Gasteiger partial charge < -0.3 is 4.57 Å². The van der Waals surface area contributed by atoms with Crippen molar-refractivity contribution in [1.82, 2.24) is 14.3 Å². The molecule has 1 unspecified atom stereocenters. The summed E-state index contributed by atoms with van der Waals surface area (Å²) >= 11 is 0. The van der Waals surface area contributed by atoms with E-state index in [4.69, 9.17) is 5.14 Å². The van der Waals surface area contributed by atoms with Crippen LogP contribution in [0.4, 0.5) is 17.6 Å². The van der Waals surface area contributed by atoms with E-state index in [0.717, 1.165) is 22.5 Å². The molecule has 11 heteroatoms. The fourth-order valence-electron chi connectivity index (χ4n) is 4.46. The third-order valence-corrected chi connectivity index (χ3v) is 7.06. The van der Waals surface area contributed by atoms with Crippen LogP contribution in [0.3, 0.4) is 0 Å². The Labute approximate surface area is 204 Å². The standard InChI is InChI=1S/C25H20F4N4O2S/c26-19-7-3-17(4-8-19)22-23(18-5-9-20(10-6-18)36(30,34)35)31-33(24(22)25(27,28)29)15-12-16-11-14-32-13-1-2-21(16)32/h1-11,13-14,16H,12,15H2,(H2,30,34,35). The molecular weight excluding hydrogens is 496 g/mol. The molecule has 1 atom stereocenters. The lowest BCUT2D eigenvalue weighted by Gasteiger charge is -2.15. The van der Waals surface area contributed by atoms with Gasteiger partial charge in [0.05, 0.1) is 4.90 Å². The van der Waals surface area contributed by atoms with E-state index >= 15 is 0 Å². The van der Waals surface area contributed by atoms with Crippen molar-refractivity contribution in [2.75, 3.05) is 0 Å². The molecule has 0 amide bonds. The van der Waals surface area contributed by atoms with Crippen LogP contribution in [-0.2, 0) is 22.7 Å². The van der Waals surface area contributed by atoms with Crippen molar-refractivity contribution in [2.24, 2.45) is 5.14 Å². The fraction of sp³-hybridized carbons (Fsp3) is 0.160. The van der Waals surface area contributed by atoms with Gasteiger partial charge in [0.2, 0.25) is 10.0 Å². The van der Waals surface area contributed by atoms with Crippen LogP contribution in [0, 0.1) is 5.82 Å². The van der Waals surface area contributed by atoms with Crippen molar-refractivity contribution < 1.29 is 26.0 Å². The van der Waals surface area contributed by atoms with E-state index in [9.17, 15) is 26.0 Å². The number of alkyl halides is 3. The molecule has 1 aliphatic heterocycles. The fourth-order valence-corrected chi connectivity index (χ4v) is 4.98. The molecule has 0 saturated carbocycles. The molecular formula is C25H20F4N4O2S. The summed E-state index contributed by atoms with van der Waals surface area (Å²) in [4.78, 5) is -0.180. The van der Waals surface area contributed by atoms with Crippen molar-refractivity contribution in [3.8, 4) is 22.4 Å². The third-order valence-electron chi connectivity index (χ3n) is 6.13. The Bertz CT molecular complexity index is 1550. The number of aryl methyl sites for hydroxylation is 1. The highest BCUT2D eigenvalue weighted by molar-refractivity contribution is 7.89. The van der Waals surface area contributed by atoms with E-state index in [2.05, 4.69) is 5.10 Å². The maximum Gasteiger partial charge on any atom is 0.433 e. The first kappa shape index (κ1) is 24.0. The van der Waals surface area contributed by atoms with Crippen molar-refractivity contribution in [2.45, 2.75) is 30.0 Å². The molecule has 0 saturated heterocycles. The Morgan fingerprint density at radius 3 is 2.28 bits per heavy atom. The molecule has 0 spiro atoms. The average molecular weight is 517 g/mol. The summed E-state index contributed by atoms with van der Waals surface area (Å²) in [5.74, 6) is -0.660. The number of primary sulfonamides is 1. The summed E-state index contributed by atoms with van der Waals surface area (Å²) in [5.41, 5.74) is 0.206. The predicted octanol–water partition coefficient (Wildman–Crippen LogP) is 5.48. The summed E-state index contributed by atoms with van der Waals surface area (Å²) < 4.78 is 83.1. The molecule has 4 aromatic rings. The van der Waals surface area contributed by atoms with Crippen molar-refractivity contribution in [3.63, 3.8) is 0 Å². The van der Waals surface area contributed by atoms with Gasteiger partial charge in [-0.3, -0.25) is 4.68 Å². The van der Waals surface area contributed by atoms with Gasteiger partial charge in [-0.15, -0.1) is 0 Å². The van der Waals surface area contributed by atoms with Gasteiger partial charge in [0, 0.05) is 41.7 Å². The highest BCUT2D eigenvalue weighted by atomic mass is 32.2. The normalized spacial score (nSPS) is 15.4. The van der Waals surface area contributed by atoms with E-state index in [-0.39, 0.29) is 39.7 Å². The van der Waals surface area contributed by atoms with Crippen LogP contribution in [0.1, 0.15) is 23.7 Å². The Balaban J connectivity index is 1.63. The molecule has 36 heavy (non-hydrogen) atoms. The van der Waals surface area contributed by atoms with Gasteiger partial charge in [-0.25, -0.2) is 17.9 Å². The van der Waals surface area contributed by atoms with Crippen molar-refractivity contribution in [1.29, 1.82) is 0 Å². The Kier molecular flexibility index (Phi) is 5.84. The molecule has 1 aliphatic rings. The maximum atomic E-state index is 14.5. The zero-order valence-electron chi connectivity index (χ0n) is 18.7. The second-order valence-corrected chi connectivity index (χ2v) is 10.0. The van der Waals surface area contributed by atoms with Crippen molar-refractivity contribution in [3.05, 3.63) is 90.1 Å². The number of allylic oxidation sites excluding steroid dienone is 1. The zero-order chi connectivity index (χ0) is 25.7. The number of fused-ring (bicyclic) bond motifs is 1. The van der Waals surface area contributed by atoms with Gasteiger partial charge in [0.15, 0.2) is 5.69 Å². The molecule has 0 radical (unpaired) electrons. The predicted molar refractivity (Wildman–Crippen MR) is 127 cm³/mol. The van der Waals surface area contributed by atoms with Gasteiger partial charge in [0.1, 0.15) is 11.5 Å². The summed E-state index contributed by atoms with van der Waals surface area (Å²) in [6.45, 7) is -0.0293. The van der Waals surface area contributed by atoms with E-state index in [1.165, 1.54) is 36.4 Å². The van der Waals surface area contributed by atoms with E-state index in [1.54, 1.807) is 0 Å². The summed E-state index contributed by atoms with van der Waals surface area (Å²) in [6.07, 6.45) is 1.28. The number of hydrogen-bond donors (Lipinski definition) is 1. The molecule has 0 fully saturated rings. The molecule has 2 aromatic heterocycles. The van der Waals surface area contributed by atoms with E-state index in [0.29, 0.717) is 6.42 Å². The molecule has 5 rings (SSSR count). The lowest BCUT2D eigenvalue weighted by molar-refractivity contribution is -0.143. The van der Waals surface area contributed by atoms with Gasteiger partial charge in [-0.1, -0.05) is 30.3 Å². The number of rotatable bonds is 6. The van der Waals surface area contributed by atoms with Crippen LogP contribution in [-0.4, -0.2) is 22.8 Å². The van der Waals surface area contributed by atoms with Crippen LogP contribution in [0.2, 0.25) is 0 Å². The summed E-state index contributed by atoms with van der Waals surface area (Å²) in [7, 11) is -3.99. The van der Waals surface area contributed by atoms with Gasteiger partial charge in [0.25, 0.3) is 0 Å². The number of hydrogen-bond acceptors (Lipinski definition) is 3. The van der Waals surface area contributed by atoms with Crippen LogP contribution in [0.15, 0.2) is 77.8 Å². The zero-order valence-corrected chi connectivity index (χ0v) is 19.5. The lowest BCUT2D eigenvalue weighted by Crippen LogP contribution is -2.17. The number of halogens is 4. The average Bonchev–Trinajstić information content (AvgIpc) is 3.52. The lowest BCUT2D eigenvalue weighted by atomic mass is 9.98. The molecule has 3 heterocycles. The minimum Gasteiger partial charge on any atom is -0.327 e. The van der Waals surface area contributed by atoms with Gasteiger partial charge >= 0.3 is 6.18 Å². The van der Waals surface area contributed by atoms with E-state index < -0.39 is 27.7 Å². The van der Waals surface area contributed by atoms with Crippen LogP contribution >= 0.6 is 0 Å². The van der Waals surface area contributed by atoms with Crippen LogP contribution in [0.5, 0.6) is 0 Å². The minimum absolute atomic E-state index is 0.000224. The highest BCUT2D eigenvalue weighted by Crippen LogP contribution is 2.43. The van der Waals surface area contributed by atoms with Gasteiger partial charge in [-0.05, 0) is 48.4 Å². The SMILES string of the molecule is NS(=O)(=O)c1ccc(-c2nn(CCC3C=Cn4cccc43)c(C(F)(F)F)c2-c2ccc(F)cc2)cc1. The Hall–Kier alpha value is -3.70. The summed E-state index contributed by atoms with van der Waals surface area (Å²) in [6, 6.07) is 13.6. The molecule has 186 valence electrons. The van der Waals surface area contributed by atoms with Crippen LogP contribution < -0.4 is 5.14 Å². The first-order chi connectivity index (χ1) is 17.0. The Morgan fingerprint density at radius 2 is 1.64 bits per heavy atom. The quantitative estimate of drug-likeness (QED) is 0.345. The minimum atomic E-state index is -4.76. The second kappa shape index (κ2) is 8.75. The van der Waals surface area contributed by atoms with Crippen LogP contribution in [0.25, 0.3) is 28.6 Å². The first-order valence-electron chi connectivity index (χ1n) is 10.9. The number of aromatic nitrogens is 3. The molecule has 2 N–H and O–H groups in total. The maximum absolute atomic E-state index is 14.5. The summed E-state index contributed by atoms with van der Waals surface area (Å²) in [5, 5.41) is 9.49. The second-order valence-electron chi connectivity index (χ2n) is 8.45. The molecule has 2 aromatic carbocycles. The smallest absolute Gasteiger partial charge is 0.327 e. The topological polar surface area (TPSA) is 82.9 Å². The largest absolute Gasteiger partial charge is 0.433 e. The van der Waals surface area contributed by atoms with E-state index in [1.807, 2.05) is 35.2 Å².